The Hall–Kier alpha value is -1.53. The molecule has 21 heavy (non-hydrogen) atoms. The van der Waals surface area contributed by atoms with Gasteiger partial charge in [0.15, 0.2) is 0 Å². The minimum absolute atomic E-state index is 0.0990. The van der Waals surface area contributed by atoms with E-state index in [1.54, 1.807) is 0 Å². The molecule has 4 nitrogen and oxygen atoms in total. The summed E-state index contributed by atoms with van der Waals surface area (Å²) in [6.45, 7) is 2.99. The number of nitrogens with one attached hydrogen (secondary N) is 2. The smallest absolute Gasteiger partial charge is 0.238 e. The molecule has 2 saturated heterocycles. The fourth-order valence-electron chi connectivity index (χ4n) is 3.33. The lowest BCUT2D eigenvalue weighted by Gasteiger charge is -2.36. The quantitative estimate of drug-likeness (QED) is 0.890. The summed E-state index contributed by atoms with van der Waals surface area (Å²) >= 11 is 0. The summed E-state index contributed by atoms with van der Waals surface area (Å²) in [7, 11) is 0. The topological polar surface area (TPSA) is 44.4 Å². The second-order valence-corrected chi connectivity index (χ2v) is 5.77. The van der Waals surface area contributed by atoms with Crippen LogP contribution in [0, 0.1) is 17.6 Å². The van der Waals surface area contributed by atoms with Crippen LogP contribution in [0.25, 0.3) is 0 Å². The van der Waals surface area contributed by atoms with Crippen molar-refractivity contribution in [3.8, 4) is 0 Å². The fourth-order valence-corrected chi connectivity index (χ4v) is 3.33. The molecule has 3 rings (SSSR count). The number of rotatable bonds is 3. The van der Waals surface area contributed by atoms with Crippen molar-refractivity contribution in [2.45, 2.75) is 18.9 Å². The highest BCUT2D eigenvalue weighted by Gasteiger charge is 2.35. The van der Waals surface area contributed by atoms with Gasteiger partial charge in [0.25, 0.3) is 0 Å². The Morgan fingerprint density at radius 1 is 1.38 bits per heavy atom. The first-order chi connectivity index (χ1) is 10.1. The lowest BCUT2D eigenvalue weighted by atomic mass is 9.92. The summed E-state index contributed by atoms with van der Waals surface area (Å²) in [5, 5.41) is 5.81. The van der Waals surface area contributed by atoms with Crippen LogP contribution >= 0.6 is 0 Å². The molecule has 0 spiro atoms. The van der Waals surface area contributed by atoms with Crippen LogP contribution in [-0.4, -0.2) is 43.0 Å². The van der Waals surface area contributed by atoms with Gasteiger partial charge in [-0.2, -0.15) is 0 Å². The normalized spacial score (nSPS) is 25.6. The Bertz CT molecular complexity index is 538. The van der Waals surface area contributed by atoms with Gasteiger partial charge in [-0.25, -0.2) is 8.78 Å². The first-order valence-electron chi connectivity index (χ1n) is 7.33. The van der Waals surface area contributed by atoms with Crippen molar-refractivity contribution in [2.75, 3.05) is 31.5 Å². The Labute approximate surface area is 122 Å². The maximum atomic E-state index is 13.5. The number of likely N-dealkylation sites (tertiary alicyclic amines) is 1. The molecule has 114 valence electrons. The summed E-state index contributed by atoms with van der Waals surface area (Å²) in [5.41, 5.74) is -0.0990. The highest BCUT2D eigenvalue weighted by atomic mass is 19.1. The second kappa shape index (κ2) is 6.07. The fraction of sp³-hybridized carbons (Fsp3) is 0.533. The zero-order valence-corrected chi connectivity index (χ0v) is 11.7. The molecule has 2 atom stereocenters. The monoisotopic (exact) mass is 295 g/mol. The van der Waals surface area contributed by atoms with Crippen molar-refractivity contribution in [3.05, 3.63) is 29.8 Å². The third-order valence-corrected chi connectivity index (χ3v) is 4.34. The first-order valence-corrected chi connectivity index (χ1v) is 7.33. The summed E-state index contributed by atoms with van der Waals surface area (Å²) in [4.78, 5) is 14.2. The van der Waals surface area contributed by atoms with E-state index < -0.39 is 11.6 Å². The molecule has 1 amide bonds. The van der Waals surface area contributed by atoms with Gasteiger partial charge in [0.05, 0.1) is 12.2 Å². The first kappa shape index (κ1) is 14.4. The van der Waals surface area contributed by atoms with Crippen LogP contribution in [0.15, 0.2) is 18.2 Å². The van der Waals surface area contributed by atoms with Gasteiger partial charge in [-0.3, -0.25) is 9.69 Å². The standard InChI is InChI=1S/C15H19F2N3O/c16-11-3-4-12(17)13(6-11)19-15(21)9-20-5-1-2-10-7-18-8-14(10)20/h3-4,6,10,14,18H,1-2,5,7-9H2,(H,19,21). The highest BCUT2D eigenvalue weighted by Crippen LogP contribution is 2.26. The van der Waals surface area contributed by atoms with E-state index in [0.717, 1.165) is 44.3 Å². The largest absolute Gasteiger partial charge is 0.322 e. The minimum atomic E-state index is -0.621. The molecule has 1 aromatic carbocycles. The van der Waals surface area contributed by atoms with Gasteiger partial charge >= 0.3 is 0 Å². The molecular weight excluding hydrogens is 276 g/mol. The van der Waals surface area contributed by atoms with Gasteiger partial charge in [0, 0.05) is 18.7 Å². The van der Waals surface area contributed by atoms with Crippen molar-refractivity contribution in [2.24, 2.45) is 5.92 Å². The van der Waals surface area contributed by atoms with E-state index in [-0.39, 0.29) is 18.1 Å². The van der Waals surface area contributed by atoms with E-state index in [2.05, 4.69) is 15.5 Å². The van der Waals surface area contributed by atoms with Gasteiger partial charge in [-0.15, -0.1) is 0 Å². The van der Waals surface area contributed by atoms with Gasteiger partial charge in [-0.1, -0.05) is 0 Å². The molecule has 6 heteroatoms. The Balaban J connectivity index is 1.62. The van der Waals surface area contributed by atoms with Crippen molar-refractivity contribution in [1.82, 2.24) is 10.2 Å². The Morgan fingerprint density at radius 2 is 2.24 bits per heavy atom. The number of hydrogen-bond donors (Lipinski definition) is 2. The molecule has 0 bridgehead atoms. The molecule has 0 aliphatic carbocycles. The molecule has 2 heterocycles. The number of hydrogen-bond acceptors (Lipinski definition) is 3. The lowest BCUT2D eigenvalue weighted by molar-refractivity contribution is -0.118. The molecule has 0 radical (unpaired) electrons. The average molecular weight is 295 g/mol. The van der Waals surface area contributed by atoms with Crippen LogP contribution in [0.4, 0.5) is 14.5 Å². The zero-order valence-electron chi connectivity index (χ0n) is 11.7. The predicted molar refractivity (Wildman–Crippen MR) is 75.9 cm³/mol. The number of benzene rings is 1. The summed E-state index contributed by atoms with van der Waals surface area (Å²) in [5.74, 6) is -0.891. The maximum absolute atomic E-state index is 13.5. The lowest BCUT2D eigenvalue weighted by Crippen LogP contribution is -2.48. The predicted octanol–water partition coefficient (Wildman–Crippen LogP) is 1.59. The summed E-state index contributed by atoms with van der Waals surface area (Å²) in [6, 6.07) is 3.43. The number of piperidine rings is 1. The van der Waals surface area contributed by atoms with E-state index in [9.17, 15) is 13.6 Å². The van der Waals surface area contributed by atoms with E-state index in [1.165, 1.54) is 6.42 Å². The summed E-state index contributed by atoms with van der Waals surface area (Å²) in [6.07, 6.45) is 2.26. The van der Waals surface area contributed by atoms with E-state index in [4.69, 9.17) is 0 Å². The van der Waals surface area contributed by atoms with Gasteiger partial charge in [0.1, 0.15) is 11.6 Å². The molecule has 0 aromatic heterocycles. The highest BCUT2D eigenvalue weighted by molar-refractivity contribution is 5.92. The molecule has 2 unspecified atom stereocenters. The van der Waals surface area contributed by atoms with Gasteiger partial charge in [-0.05, 0) is 44.0 Å². The number of amides is 1. The molecule has 2 aliphatic rings. The number of carbonyl (C=O) groups excluding carboxylic acids is 1. The zero-order chi connectivity index (χ0) is 14.8. The molecule has 2 fully saturated rings. The molecule has 2 aliphatic heterocycles. The number of fused-ring (bicyclic) bond motifs is 1. The van der Waals surface area contributed by atoms with Gasteiger partial charge in [0.2, 0.25) is 5.91 Å². The Kier molecular flexibility index (Phi) is 4.17. The van der Waals surface area contributed by atoms with Crippen LogP contribution in [0.3, 0.4) is 0 Å². The number of carbonyl (C=O) groups is 1. The van der Waals surface area contributed by atoms with Crippen LogP contribution < -0.4 is 10.6 Å². The maximum Gasteiger partial charge on any atom is 0.238 e. The van der Waals surface area contributed by atoms with Gasteiger partial charge < -0.3 is 10.6 Å². The number of halogens is 2. The van der Waals surface area contributed by atoms with Crippen molar-refractivity contribution in [3.63, 3.8) is 0 Å². The molecule has 1 aromatic rings. The van der Waals surface area contributed by atoms with Crippen molar-refractivity contribution >= 4 is 11.6 Å². The average Bonchev–Trinajstić information content (AvgIpc) is 2.92. The van der Waals surface area contributed by atoms with Crippen molar-refractivity contribution in [1.29, 1.82) is 0 Å². The van der Waals surface area contributed by atoms with Crippen molar-refractivity contribution < 1.29 is 13.6 Å². The molecule has 0 saturated carbocycles. The van der Waals surface area contributed by atoms with Crippen LogP contribution in [0.1, 0.15) is 12.8 Å². The third kappa shape index (κ3) is 3.22. The van der Waals surface area contributed by atoms with Crippen LogP contribution in [0.5, 0.6) is 0 Å². The second-order valence-electron chi connectivity index (χ2n) is 5.77. The molecule has 2 N–H and O–H groups in total. The van der Waals surface area contributed by atoms with Crippen LogP contribution in [-0.2, 0) is 4.79 Å². The van der Waals surface area contributed by atoms with Crippen LogP contribution in [0.2, 0.25) is 0 Å². The van der Waals surface area contributed by atoms with E-state index >= 15 is 0 Å². The van der Waals surface area contributed by atoms with E-state index in [1.807, 2.05) is 0 Å². The van der Waals surface area contributed by atoms with E-state index in [0.29, 0.717) is 12.0 Å². The molecular formula is C15H19F2N3O. The SMILES string of the molecule is O=C(CN1CCCC2CNCC21)Nc1cc(F)ccc1F. The summed E-state index contributed by atoms with van der Waals surface area (Å²) < 4.78 is 26.6. The minimum Gasteiger partial charge on any atom is -0.322 e. The number of anilines is 1. The third-order valence-electron chi connectivity index (χ3n) is 4.34. The Morgan fingerprint density at radius 3 is 3.10 bits per heavy atom. The number of nitrogens with zero attached hydrogens (tertiary/aromatic N) is 1.